The highest BCUT2D eigenvalue weighted by Gasteiger charge is 2.51. The zero-order chi connectivity index (χ0) is 15.9. The highest BCUT2D eigenvalue weighted by atomic mass is 16.7. The van der Waals surface area contributed by atoms with Crippen LogP contribution in [0.4, 0.5) is 0 Å². The molecule has 116 valence electrons. The van der Waals surface area contributed by atoms with Gasteiger partial charge in [-0.15, -0.1) is 0 Å². The monoisotopic (exact) mass is 292 g/mol. The summed E-state index contributed by atoms with van der Waals surface area (Å²) in [4.78, 5) is 11.7. The first-order valence-electron chi connectivity index (χ1n) is 7.12. The molecule has 4 heteroatoms. The van der Waals surface area contributed by atoms with Crippen LogP contribution in [0.2, 0.25) is 0 Å². The largest absolute Gasteiger partial charge is 0.450 e. The highest BCUT2D eigenvalue weighted by molar-refractivity contribution is 5.81. The van der Waals surface area contributed by atoms with Gasteiger partial charge >= 0.3 is 5.97 Å². The first kappa shape index (κ1) is 17.4. The van der Waals surface area contributed by atoms with Gasteiger partial charge in [-0.05, 0) is 27.7 Å². The van der Waals surface area contributed by atoms with Crippen LogP contribution in [0.15, 0.2) is 43.0 Å². The summed E-state index contributed by atoms with van der Waals surface area (Å²) >= 11 is 0. The van der Waals surface area contributed by atoms with Crippen LogP contribution in [0.25, 0.3) is 0 Å². The number of ether oxygens (including phenoxy) is 3. The minimum atomic E-state index is -1.17. The number of hydrogen-bond acceptors (Lipinski definition) is 4. The summed E-state index contributed by atoms with van der Waals surface area (Å²) in [5, 5.41) is 0. The van der Waals surface area contributed by atoms with Crippen LogP contribution in [0.5, 0.6) is 0 Å². The molecule has 0 aromatic heterocycles. The van der Waals surface area contributed by atoms with Gasteiger partial charge in [0.1, 0.15) is 0 Å². The van der Waals surface area contributed by atoms with Gasteiger partial charge in [0.15, 0.2) is 5.60 Å². The van der Waals surface area contributed by atoms with Gasteiger partial charge in [-0.1, -0.05) is 36.9 Å². The summed E-state index contributed by atoms with van der Waals surface area (Å²) in [7, 11) is 0. The van der Waals surface area contributed by atoms with Gasteiger partial charge in [0.2, 0.25) is 5.79 Å². The Morgan fingerprint density at radius 1 is 1.14 bits per heavy atom. The predicted molar refractivity (Wildman–Crippen MR) is 81.7 cm³/mol. The first-order chi connectivity index (χ1) is 9.93. The van der Waals surface area contributed by atoms with Gasteiger partial charge in [0.25, 0.3) is 0 Å². The van der Waals surface area contributed by atoms with Crippen molar-refractivity contribution in [3.05, 3.63) is 48.6 Å². The van der Waals surface area contributed by atoms with E-state index in [2.05, 4.69) is 6.58 Å². The Kier molecular flexibility index (Phi) is 6.12. The standard InChI is InChI=1S/C17H24O4/c1-6-15(18)21-16(4,5)17(19-7-2,20-8-3)14-12-10-9-11-13-14/h6,9-13H,1,7-8H2,2-5H3. The first-order valence-corrected chi connectivity index (χ1v) is 7.12. The Morgan fingerprint density at radius 2 is 1.67 bits per heavy atom. The van der Waals surface area contributed by atoms with Crippen molar-refractivity contribution in [1.82, 2.24) is 0 Å². The van der Waals surface area contributed by atoms with E-state index < -0.39 is 17.4 Å². The minimum Gasteiger partial charge on any atom is -0.450 e. The molecule has 21 heavy (non-hydrogen) atoms. The lowest BCUT2D eigenvalue weighted by Crippen LogP contribution is -2.54. The van der Waals surface area contributed by atoms with E-state index in [1.165, 1.54) is 0 Å². The second-order valence-electron chi connectivity index (χ2n) is 4.98. The lowest BCUT2D eigenvalue weighted by molar-refractivity contribution is -0.322. The zero-order valence-electron chi connectivity index (χ0n) is 13.2. The normalized spacial score (nSPS) is 12.0. The number of carbonyl (C=O) groups is 1. The molecule has 0 aliphatic heterocycles. The van der Waals surface area contributed by atoms with Gasteiger partial charge in [0, 0.05) is 24.9 Å². The highest BCUT2D eigenvalue weighted by Crippen LogP contribution is 2.40. The van der Waals surface area contributed by atoms with Crippen LogP contribution in [-0.2, 0) is 24.8 Å². The van der Waals surface area contributed by atoms with Crippen LogP contribution < -0.4 is 0 Å². The molecule has 0 spiro atoms. The predicted octanol–water partition coefficient (Wildman–Crippen LogP) is 3.42. The summed E-state index contributed by atoms with van der Waals surface area (Å²) in [6.45, 7) is 11.6. The van der Waals surface area contributed by atoms with Gasteiger partial charge in [0.05, 0.1) is 0 Å². The van der Waals surface area contributed by atoms with Crippen molar-refractivity contribution < 1.29 is 19.0 Å². The fraction of sp³-hybridized carbons (Fsp3) is 0.471. The van der Waals surface area contributed by atoms with E-state index in [0.29, 0.717) is 13.2 Å². The molecule has 0 atom stereocenters. The molecule has 0 aliphatic carbocycles. The van der Waals surface area contributed by atoms with Crippen molar-refractivity contribution in [1.29, 1.82) is 0 Å². The van der Waals surface area contributed by atoms with Gasteiger partial charge in [-0.2, -0.15) is 0 Å². The summed E-state index contributed by atoms with van der Waals surface area (Å²) in [6, 6.07) is 9.50. The fourth-order valence-corrected chi connectivity index (χ4v) is 2.33. The molecule has 0 aliphatic rings. The summed E-state index contributed by atoms with van der Waals surface area (Å²) < 4.78 is 17.4. The van der Waals surface area contributed by atoms with Crippen LogP contribution in [0.1, 0.15) is 33.3 Å². The van der Waals surface area contributed by atoms with Crippen LogP contribution >= 0.6 is 0 Å². The Labute approximate surface area is 126 Å². The van der Waals surface area contributed by atoms with Crippen molar-refractivity contribution in [3.63, 3.8) is 0 Å². The summed E-state index contributed by atoms with van der Waals surface area (Å²) in [5.41, 5.74) is -0.221. The molecule has 0 unspecified atom stereocenters. The van der Waals surface area contributed by atoms with E-state index in [9.17, 15) is 4.79 Å². The minimum absolute atomic E-state index is 0.421. The third-order valence-electron chi connectivity index (χ3n) is 3.16. The maximum absolute atomic E-state index is 11.7. The second-order valence-corrected chi connectivity index (χ2v) is 4.98. The SMILES string of the molecule is C=CC(=O)OC(C)(C)C(OCC)(OCC)c1ccccc1. The van der Waals surface area contributed by atoms with Crippen LogP contribution in [0, 0.1) is 0 Å². The Morgan fingerprint density at radius 3 is 2.10 bits per heavy atom. The molecule has 1 aromatic carbocycles. The molecule has 0 saturated carbocycles. The Bertz CT molecular complexity index is 459. The van der Waals surface area contributed by atoms with Crippen molar-refractivity contribution in [2.75, 3.05) is 13.2 Å². The molecule has 4 nitrogen and oxygen atoms in total. The quantitative estimate of drug-likeness (QED) is 0.418. The van der Waals surface area contributed by atoms with E-state index in [0.717, 1.165) is 11.6 Å². The average Bonchev–Trinajstić information content (AvgIpc) is 2.47. The van der Waals surface area contributed by atoms with E-state index in [1.807, 2.05) is 44.2 Å². The molecule has 0 saturated heterocycles. The van der Waals surface area contributed by atoms with Gasteiger partial charge < -0.3 is 14.2 Å². The van der Waals surface area contributed by atoms with Crippen molar-refractivity contribution in [2.24, 2.45) is 0 Å². The smallest absolute Gasteiger partial charge is 0.330 e. The zero-order valence-corrected chi connectivity index (χ0v) is 13.2. The Balaban J connectivity index is 3.34. The number of carbonyl (C=O) groups excluding carboxylic acids is 1. The summed E-state index contributed by atoms with van der Waals surface area (Å²) in [6.07, 6.45) is 1.13. The molecule has 0 heterocycles. The maximum atomic E-state index is 11.7. The molecular formula is C17H24O4. The van der Waals surface area contributed by atoms with Gasteiger partial charge in [-0.25, -0.2) is 4.79 Å². The molecule has 0 amide bonds. The van der Waals surface area contributed by atoms with Crippen LogP contribution in [0.3, 0.4) is 0 Å². The molecular weight excluding hydrogens is 268 g/mol. The number of hydrogen-bond donors (Lipinski definition) is 0. The van der Waals surface area contributed by atoms with Crippen molar-refractivity contribution >= 4 is 5.97 Å². The van der Waals surface area contributed by atoms with Gasteiger partial charge in [-0.3, -0.25) is 0 Å². The maximum Gasteiger partial charge on any atom is 0.330 e. The lowest BCUT2D eigenvalue weighted by atomic mass is 9.89. The third kappa shape index (κ3) is 3.71. The lowest BCUT2D eigenvalue weighted by Gasteiger charge is -2.44. The summed E-state index contributed by atoms with van der Waals surface area (Å²) in [5.74, 6) is -1.68. The molecule has 1 rings (SSSR count). The van der Waals surface area contributed by atoms with E-state index in [-0.39, 0.29) is 0 Å². The van der Waals surface area contributed by atoms with E-state index >= 15 is 0 Å². The van der Waals surface area contributed by atoms with E-state index in [4.69, 9.17) is 14.2 Å². The molecule has 1 aromatic rings. The number of rotatable bonds is 8. The van der Waals surface area contributed by atoms with E-state index in [1.54, 1.807) is 13.8 Å². The average molecular weight is 292 g/mol. The molecule has 0 bridgehead atoms. The molecule has 0 fully saturated rings. The van der Waals surface area contributed by atoms with Crippen molar-refractivity contribution in [3.8, 4) is 0 Å². The fourth-order valence-electron chi connectivity index (χ4n) is 2.33. The second kappa shape index (κ2) is 7.38. The van der Waals surface area contributed by atoms with Crippen molar-refractivity contribution in [2.45, 2.75) is 39.1 Å². The molecule has 0 N–H and O–H groups in total. The number of esters is 1. The number of benzene rings is 1. The Hall–Kier alpha value is -1.65. The third-order valence-corrected chi connectivity index (χ3v) is 3.16. The van der Waals surface area contributed by atoms with Crippen LogP contribution in [-0.4, -0.2) is 24.8 Å². The molecule has 0 radical (unpaired) electrons. The topological polar surface area (TPSA) is 44.8 Å².